The van der Waals surface area contributed by atoms with Gasteiger partial charge >= 0.3 is 0 Å². The number of ether oxygens (including phenoxy) is 1. The summed E-state index contributed by atoms with van der Waals surface area (Å²) in [5.41, 5.74) is 5.63. The first-order valence-electron chi connectivity index (χ1n) is 3.52. The van der Waals surface area contributed by atoms with Gasteiger partial charge in [-0.15, -0.1) is 0 Å². The van der Waals surface area contributed by atoms with E-state index in [2.05, 4.69) is 0 Å². The fourth-order valence-corrected chi connectivity index (χ4v) is 1.29. The summed E-state index contributed by atoms with van der Waals surface area (Å²) in [6.45, 7) is 0.0418. The van der Waals surface area contributed by atoms with Gasteiger partial charge < -0.3 is 10.5 Å². The van der Waals surface area contributed by atoms with E-state index in [1.54, 1.807) is 0 Å². The summed E-state index contributed by atoms with van der Waals surface area (Å²) in [6.07, 6.45) is 0. The predicted molar refractivity (Wildman–Crippen MR) is 45.8 cm³/mol. The molecule has 13 heavy (non-hydrogen) atoms. The zero-order chi connectivity index (χ0) is 10.0. The normalized spacial score (nSPS) is 10.2. The van der Waals surface area contributed by atoms with E-state index in [0.717, 1.165) is 6.07 Å². The third-order valence-electron chi connectivity index (χ3n) is 1.62. The molecule has 0 bridgehead atoms. The van der Waals surface area contributed by atoms with Gasteiger partial charge in [-0.1, -0.05) is 11.6 Å². The van der Waals surface area contributed by atoms with Gasteiger partial charge in [0.15, 0.2) is 11.6 Å². The number of methoxy groups -OCH3 is 1. The maximum absolute atomic E-state index is 12.9. The zero-order valence-corrected chi connectivity index (χ0v) is 7.66. The van der Waals surface area contributed by atoms with Crippen LogP contribution in [0, 0.1) is 11.6 Å². The van der Waals surface area contributed by atoms with E-state index in [1.165, 1.54) is 7.11 Å². The molecule has 2 nitrogen and oxygen atoms in total. The smallest absolute Gasteiger partial charge is 0.181 e. The number of nitrogens with two attached hydrogens (primary N) is 1. The summed E-state index contributed by atoms with van der Waals surface area (Å²) < 4.78 is 30.4. The standard InChI is InChI=1S/C8H8ClF2NO/c1-13-8-4(3-12)2-5(10)7(11)6(8)9/h2H,3,12H2,1H3. The molecule has 1 aromatic carbocycles. The van der Waals surface area contributed by atoms with Crippen molar-refractivity contribution in [3.63, 3.8) is 0 Å². The molecule has 0 saturated carbocycles. The lowest BCUT2D eigenvalue weighted by atomic mass is 10.2. The molecular weight excluding hydrogens is 200 g/mol. The van der Waals surface area contributed by atoms with Gasteiger partial charge in [0.05, 0.1) is 7.11 Å². The van der Waals surface area contributed by atoms with Crippen LogP contribution >= 0.6 is 11.6 Å². The molecule has 0 heterocycles. The van der Waals surface area contributed by atoms with Crippen LogP contribution in [0.25, 0.3) is 0 Å². The molecule has 0 aliphatic rings. The van der Waals surface area contributed by atoms with E-state index < -0.39 is 11.6 Å². The Labute approximate surface area is 79.2 Å². The fourth-order valence-electron chi connectivity index (χ4n) is 1.000. The number of halogens is 3. The Morgan fingerprint density at radius 1 is 1.54 bits per heavy atom. The first-order valence-corrected chi connectivity index (χ1v) is 3.90. The summed E-state index contributed by atoms with van der Waals surface area (Å²) in [5, 5.41) is -0.372. The summed E-state index contributed by atoms with van der Waals surface area (Å²) in [7, 11) is 1.32. The van der Waals surface area contributed by atoms with Crippen LogP contribution in [0.3, 0.4) is 0 Å². The number of benzene rings is 1. The van der Waals surface area contributed by atoms with E-state index in [9.17, 15) is 8.78 Å². The van der Waals surface area contributed by atoms with Gasteiger partial charge in [0, 0.05) is 12.1 Å². The Balaban J connectivity index is 3.39. The maximum atomic E-state index is 12.9. The minimum atomic E-state index is -1.12. The zero-order valence-electron chi connectivity index (χ0n) is 6.90. The number of rotatable bonds is 2. The quantitative estimate of drug-likeness (QED) is 0.754. The van der Waals surface area contributed by atoms with E-state index in [1.807, 2.05) is 0 Å². The van der Waals surface area contributed by atoms with Gasteiger partial charge in [-0.05, 0) is 6.07 Å². The second kappa shape index (κ2) is 3.89. The lowest BCUT2D eigenvalue weighted by Gasteiger charge is -2.09. The lowest BCUT2D eigenvalue weighted by Crippen LogP contribution is -2.03. The van der Waals surface area contributed by atoms with Gasteiger partial charge in [0.2, 0.25) is 0 Å². The molecular formula is C8H8ClF2NO. The molecule has 2 N–H and O–H groups in total. The van der Waals surface area contributed by atoms with Crippen LogP contribution in [-0.2, 0) is 6.54 Å². The summed E-state index contributed by atoms with van der Waals surface area (Å²) in [4.78, 5) is 0. The number of hydrogen-bond acceptors (Lipinski definition) is 2. The molecule has 5 heteroatoms. The minimum absolute atomic E-state index is 0.0418. The van der Waals surface area contributed by atoms with E-state index in [-0.39, 0.29) is 17.3 Å². The molecule has 0 saturated heterocycles. The fraction of sp³-hybridized carbons (Fsp3) is 0.250. The number of hydrogen-bond donors (Lipinski definition) is 1. The van der Waals surface area contributed by atoms with E-state index in [0.29, 0.717) is 5.56 Å². The molecule has 0 amide bonds. The summed E-state index contributed by atoms with van der Waals surface area (Å²) >= 11 is 5.49. The third kappa shape index (κ3) is 1.73. The molecule has 1 rings (SSSR count). The Bertz CT molecular complexity index is 330. The summed E-state index contributed by atoms with van der Waals surface area (Å²) in [6, 6.07) is 0.972. The van der Waals surface area contributed by atoms with Gasteiger partial charge in [0.25, 0.3) is 0 Å². The van der Waals surface area contributed by atoms with Crippen LogP contribution in [0.4, 0.5) is 8.78 Å². The van der Waals surface area contributed by atoms with Crippen molar-refractivity contribution in [2.75, 3.05) is 7.11 Å². The lowest BCUT2D eigenvalue weighted by molar-refractivity contribution is 0.401. The van der Waals surface area contributed by atoms with Crippen LogP contribution < -0.4 is 10.5 Å². The Morgan fingerprint density at radius 3 is 2.62 bits per heavy atom. The van der Waals surface area contributed by atoms with Gasteiger partial charge in [-0.2, -0.15) is 0 Å². The minimum Gasteiger partial charge on any atom is -0.495 e. The second-order valence-electron chi connectivity index (χ2n) is 2.38. The molecule has 0 atom stereocenters. The Hall–Kier alpha value is -0.870. The van der Waals surface area contributed by atoms with Crippen molar-refractivity contribution in [2.24, 2.45) is 5.73 Å². The molecule has 0 spiro atoms. The Kier molecular flexibility index (Phi) is 3.06. The van der Waals surface area contributed by atoms with E-state index >= 15 is 0 Å². The van der Waals surface area contributed by atoms with Crippen molar-refractivity contribution in [1.29, 1.82) is 0 Å². The van der Waals surface area contributed by atoms with Crippen molar-refractivity contribution in [2.45, 2.75) is 6.54 Å². The van der Waals surface area contributed by atoms with Crippen molar-refractivity contribution in [3.05, 3.63) is 28.3 Å². The second-order valence-corrected chi connectivity index (χ2v) is 2.76. The molecule has 1 aromatic rings. The highest BCUT2D eigenvalue weighted by atomic mass is 35.5. The SMILES string of the molecule is COc1c(CN)cc(F)c(F)c1Cl. The maximum Gasteiger partial charge on any atom is 0.181 e. The highest BCUT2D eigenvalue weighted by molar-refractivity contribution is 6.32. The topological polar surface area (TPSA) is 35.2 Å². The molecule has 0 unspecified atom stereocenters. The van der Waals surface area contributed by atoms with Gasteiger partial charge in [0.1, 0.15) is 10.8 Å². The first-order chi connectivity index (χ1) is 6.11. The van der Waals surface area contributed by atoms with Crippen LogP contribution in [0.1, 0.15) is 5.56 Å². The average molecular weight is 208 g/mol. The average Bonchev–Trinajstić information content (AvgIpc) is 2.13. The van der Waals surface area contributed by atoms with Crippen molar-refractivity contribution < 1.29 is 13.5 Å². The van der Waals surface area contributed by atoms with Crippen LogP contribution in [0.5, 0.6) is 5.75 Å². The van der Waals surface area contributed by atoms with Gasteiger partial charge in [-0.3, -0.25) is 0 Å². The van der Waals surface area contributed by atoms with Crippen LogP contribution in [0.2, 0.25) is 5.02 Å². The predicted octanol–water partition coefficient (Wildman–Crippen LogP) is 2.09. The molecule has 0 radical (unpaired) electrons. The highest BCUT2D eigenvalue weighted by Crippen LogP contribution is 2.32. The monoisotopic (exact) mass is 207 g/mol. The Morgan fingerprint density at radius 2 is 2.15 bits per heavy atom. The van der Waals surface area contributed by atoms with Crippen molar-refractivity contribution >= 4 is 11.6 Å². The molecule has 0 aliphatic heterocycles. The molecule has 0 fully saturated rings. The summed E-state index contributed by atoms with van der Waals surface area (Å²) in [5.74, 6) is -2.05. The van der Waals surface area contributed by atoms with Crippen LogP contribution in [-0.4, -0.2) is 7.11 Å². The van der Waals surface area contributed by atoms with Crippen molar-refractivity contribution in [1.82, 2.24) is 0 Å². The first kappa shape index (κ1) is 10.2. The third-order valence-corrected chi connectivity index (χ3v) is 1.96. The van der Waals surface area contributed by atoms with E-state index in [4.69, 9.17) is 22.1 Å². The van der Waals surface area contributed by atoms with Crippen molar-refractivity contribution in [3.8, 4) is 5.75 Å². The van der Waals surface area contributed by atoms with Crippen LogP contribution in [0.15, 0.2) is 6.07 Å². The highest BCUT2D eigenvalue weighted by Gasteiger charge is 2.16. The van der Waals surface area contributed by atoms with Gasteiger partial charge in [-0.25, -0.2) is 8.78 Å². The molecule has 0 aliphatic carbocycles. The largest absolute Gasteiger partial charge is 0.495 e. The molecule has 0 aromatic heterocycles. The molecule has 72 valence electrons.